The van der Waals surface area contributed by atoms with Gasteiger partial charge in [-0.05, 0) is 17.7 Å². The number of amides is 1. The Bertz CT molecular complexity index is 586. The van der Waals surface area contributed by atoms with Crippen molar-refractivity contribution < 1.29 is 9.21 Å². The van der Waals surface area contributed by atoms with Gasteiger partial charge >= 0.3 is 0 Å². The van der Waals surface area contributed by atoms with E-state index in [2.05, 4.69) is 5.32 Å². The Morgan fingerprint density at radius 2 is 2.19 bits per heavy atom. The smallest absolute Gasteiger partial charge is 0.217 e. The molecule has 1 heterocycles. The van der Waals surface area contributed by atoms with Crippen molar-refractivity contribution in [3.8, 4) is 0 Å². The van der Waals surface area contributed by atoms with Crippen molar-refractivity contribution >= 4 is 16.9 Å². The first kappa shape index (κ1) is 10.4. The molecule has 0 bridgehead atoms. The topological polar surface area (TPSA) is 59.3 Å². The Hall–Kier alpha value is -2.10. The van der Waals surface area contributed by atoms with Gasteiger partial charge in [-0.3, -0.25) is 9.59 Å². The zero-order valence-corrected chi connectivity index (χ0v) is 8.82. The highest BCUT2D eigenvalue weighted by molar-refractivity contribution is 5.77. The first-order valence-electron chi connectivity index (χ1n) is 4.92. The second-order valence-electron chi connectivity index (χ2n) is 3.53. The number of carbonyl (C=O) groups excluding carboxylic acids is 1. The van der Waals surface area contributed by atoms with Crippen molar-refractivity contribution in [2.45, 2.75) is 13.5 Å². The van der Waals surface area contributed by atoms with E-state index in [1.165, 1.54) is 19.3 Å². The van der Waals surface area contributed by atoms with Crippen LogP contribution in [0.25, 0.3) is 11.0 Å². The normalized spacial score (nSPS) is 10.3. The predicted molar refractivity (Wildman–Crippen MR) is 60.0 cm³/mol. The monoisotopic (exact) mass is 217 g/mol. The van der Waals surface area contributed by atoms with Crippen molar-refractivity contribution in [1.82, 2.24) is 5.32 Å². The fourth-order valence-corrected chi connectivity index (χ4v) is 1.47. The van der Waals surface area contributed by atoms with Gasteiger partial charge in [0.05, 0.1) is 11.6 Å². The van der Waals surface area contributed by atoms with Gasteiger partial charge in [0.2, 0.25) is 5.91 Å². The highest BCUT2D eigenvalue weighted by Crippen LogP contribution is 2.11. The molecule has 0 aliphatic rings. The SMILES string of the molecule is CC(=O)NCc1ccc2occc(=O)c2c1. The molecular formula is C12H11NO3. The lowest BCUT2D eigenvalue weighted by molar-refractivity contribution is -0.119. The molecule has 2 rings (SSSR count). The predicted octanol–water partition coefficient (Wildman–Crippen LogP) is 1.43. The Labute approximate surface area is 91.9 Å². The van der Waals surface area contributed by atoms with Gasteiger partial charge in [-0.1, -0.05) is 6.07 Å². The van der Waals surface area contributed by atoms with Crippen LogP contribution in [0.15, 0.2) is 39.7 Å². The largest absolute Gasteiger partial charge is 0.464 e. The van der Waals surface area contributed by atoms with Crippen LogP contribution < -0.4 is 10.7 Å². The lowest BCUT2D eigenvalue weighted by atomic mass is 10.1. The maximum Gasteiger partial charge on any atom is 0.217 e. The standard InChI is InChI=1S/C12H11NO3/c1-8(14)13-7-9-2-3-12-10(6-9)11(15)4-5-16-12/h2-6H,7H2,1H3,(H,13,14). The number of nitrogens with one attached hydrogen (secondary N) is 1. The van der Waals surface area contributed by atoms with Gasteiger partial charge in [-0.15, -0.1) is 0 Å². The third-order valence-corrected chi connectivity index (χ3v) is 2.27. The second-order valence-corrected chi connectivity index (χ2v) is 3.53. The van der Waals surface area contributed by atoms with Crippen molar-refractivity contribution in [3.05, 3.63) is 46.3 Å². The van der Waals surface area contributed by atoms with Crippen LogP contribution in [-0.2, 0) is 11.3 Å². The molecule has 0 atom stereocenters. The summed E-state index contributed by atoms with van der Waals surface area (Å²) in [5.41, 5.74) is 1.35. The lowest BCUT2D eigenvalue weighted by Crippen LogP contribution is -2.18. The number of hydrogen-bond donors (Lipinski definition) is 1. The molecule has 0 aliphatic carbocycles. The molecule has 2 aromatic rings. The Morgan fingerprint density at radius 3 is 2.94 bits per heavy atom. The molecule has 0 spiro atoms. The summed E-state index contributed by atoms with van der Waals surface area (Å²) in [7, 11) is 0. The molecule has 16 heavy (non-hydrogen) atoms. The fourth-order valence-electron chi connectivity index (χ4n) is 1.47. The summed E-state index contributed by atoms with van der Waals surface area (Å²) in [5, 5.41) is 3.21. The summed E-state index contributed by atoms with van der Waals surface area (Å²) in [6.45, 7) is 1.87. The molecule has 1 amide bonds. The fraction of sp³-hybridized carbons (Fsp3) is 0.167. The minimum Gasteiger partial charge on any atom is -0.464 e. The van der Waals surface area contributed by atoms with Gasteiger partial charge in [0, 0.05) is 19.5 Å². The van der Waals surface area contributed by atoms with E-state index in [9.17, 15) is 9.59 Å². The van der Waals surface area contributed by atoms with Gasteiger partial charge in [-0.25, -0.2) is 0 Å². The van der Waals surface area contributed by atoms with Crippen LogP contribution in [0.1, 0.15) is 12.5 Å². The molecule has 1 aromatic carbocycles. The molecule has 0 saturated carbocycles. The van der Waals surface area contributed by atoms with E-state index >= 15 is 0 Å². The number of rotatable bonds is 2. The zero-order chi connectivity index (χ0) is 11.5. The Morgan fingerprint density at radius 1 is 1.38 bits per heavy atom. The third kappa shape index (κ3) is 2.11. The van der Waals surface area contributed by atoms with Crippen LogP contribution in [0, 0.1) is 0 Å². The summed E-state index contributed by atoms with van der Waals surface area (Å²) < 4.78 is 5.19. The molecule has 0 fully saturated rings. The first-order chi connectivity index (χ1) is 7.66. The summed E-state index contributed by atoms with van der Waals surface area (Å²) in [6.07, 6.45) is 1.37. The maximum atomic E-state index is 11.5. The quantitative estimate of drug-likeness (QED) is 0.827. The maximum absolute atomic E-state index is 11.5. The molecule has 1 aromatic heterocycles. The number of fused-ring (bicyclic) bond motifs is 1. The van der Waals surface area contributed by atoms with Crippen molar-refractivity contribution in [2.24, 2.45) is 0 Å². The lowest BCUT2D eigenvalue weighted by Gasteiger charge is -2.03. The van der Waals surface area contributed by atoms with Crippen LogP contribution in [0.5, 0.6) is 0 Å². The van der Waals surface area contributed by atoms with E-state index in [-0.39, 0.29) is 11.3 Å². The Kier molecular flexibility index (Phi) is 2.72. The van der Waals surface area contributed by atoms with Crippen LogP contribution >= 0.6 is 0 Å². The molecule has 0 unspecified atom stereocenters. The van der Waals surface area contributed by atoms with Gasteiger partial charge in [0.1, 0.15) is 5.58 Å². The van der Waals surface area contributed by atoms with Crippen LogP contribution in [0.3, 0.4) is 0 Å². The second kappa shape index (κ2) is 4.18. The minimum atomic E-state index is -0.0970. The summed E-state index contributed by atoms with van der Waals surface area (Å²) in [4.78, 5) is 22.3. The van der Waals surface area contributed by atoms with Crippen LogP contribution in [0.2, 0.25) is 0 Å². The summed E-state index contributed by atoms with van der Waals surface area (Å²) in [5.74, 6) is -0.0970. The van der Waals surface area contributed by atoms with E-state index in [0.29, 0.717) is 17.5 Å². The highest BCUT2D eigenvalue weighted by atomic mass is 16.3. The molecule has 1 N–H and O–H groups in total. The average Bonchev–Trinajstić information content (AvgIpc) is 2.27. The van der Waals surface area contributed by atoms with E-state index in [0.717, 1.165) is 5.56 Å². The molecule has 0 aliphatic heterocycles. The highest BCUT2D eigenvalue weighted by Gasteiger charge is 2.01. The number of carbonyl (C=O) groups is 1. The van der Waals surface area contributed by atoms with Gasteiger partial charge < -0.3 is 9.73 Å². The van der Waals surface area contributed by atoms with E-state index in [1.807, 2.05) is 6.07 Å². The van der Waals surface area contributed by atoms with Gasteiger partial charge in [0.15, 0.2) is 5.43 Å². The molecule has 82 valence electrons. The van der Waals surface area contributed by atoms with Gasteiger partial charge in [0.25, 0.3) is 0 Å². The van der Waals surface area contributed by atoms with E-state index in [1.54, 1.807) is 12.1 Å². The third-order valence-electron chi connectivity index (χ3n) is 2.27. The van der Waals surface area contributed by atoms with E-state index in [4.69, 9.17) is 4.42 Å². The molecule has 4 heteroatoms. The summed E-state index contributed by atoms with van der Waals surface area (Å²) >= 11 is 0. The number of benzene rings is 1. The van der Waals surface area contributed by atoms with Crippen LogP contribution in [0.4, 0.5) is 0 Å². The van der Waals surface area contributed by atoms with E-state index < -0.39 is 0 Å². The van der Waals surface area contributed by atoms with Crippen molar-refractivity contribution in [1.29, 1.82) is 0 Å². The Balaban J connectivity index is 2.39. The van der Waals surface area contributed by atoms with Gasteiger partial charge in [-0.2, -0.15) is 0 Å². The first-order valence-corrected chi connectivity index (χ1v) is 4.92. The summed E-state index contributed by atoms with van der Waals surface area (Å²) in [6, 6.07) is 6.66. The van der Waals surface area contributed by atoms with Crippen LogP contribution in [-0.4, -0.2) is 5.91 Å². The van der Waals surface area contributed by atoms with Crippen molar-refractivity contribution in [3.63, 3.8) is 0 Å². The van der Waals surface area contributed by atoms with Crippen molar-refractivity contribution in [2.75, 3.05) is 0 Å². The average molecular weight is 217 g/mol. The minimum absolute atomic E-state index is 0.0778. The molecular weight excluding hydrogens is 206 g/mol. The molecule has 4 nitrogen and oxygen atoms in total. The molecule has 0 saturated heterocycles. The zero-order valence-electron chi connectivity index (χ0n) is 8.82. The molecule has 0 radical (unpaired) electrons. The number of hydrogen-bond acceptors (Lipinski definition) is 3.